The number of ether oxygens (including phenoxy) is 2. The van der Waals surface area contributed by atoms with E-state index in [1.165, 1.54) is 0 Å². The van der Waals surface area contributed by atoms with Crippen LogP contribution < -0.4 is 4.74 Å². The van der Waals surface area contributed by atoms with Crippen LogP contribution in [-0.2, 0) is 9.53 Å². The van der Waals surface area contributed by atoms with Crippen molar-refractivity contribution in [1.82, 2.24) is 10.2 Å². The van der Waals surface area contributed by atoms with Gasteiger partial charge in [0.15, 0.2) is 6.10 Å². The molecule has 0 radical (unpaired) electrons. The minimum Gasteiger partial charge on any atom is -0.457 e. The van der Waals surface area contributed by atoms with Crippen LogP contribution >= 0.6 is 0 Å². The van der Waals surface area contributed by atoms with Gasteiger partial charge in [-0.15, -0.1) is 10.2 Å². The summed E-state index contributed by atoms with van der Waals surface area (Å²) in [5.41, 5.74) is 2.34. The summed E-state index contributed by atoms with van der Waals surface area (Å²) in [6, 6.07) is 24.4. The van der Waals surface area contributed by atoms with Gasteiger partial charge in [0.05, 0.1) is 0 Å². The number of nitrogens with zero attached hydrogens (tertiary/aromatic N) is 2. The molecule has 6 heteroatoms. The van der Waals surface area contributed by atoms with Crippen LogP contribution in [0.15, 0.2) is 83.3 Å². The fraction of sp³-hybridized carbons (Fsp3) is 0.125. The van der Waals surface area contributed by atoms with Crippen molar-refractivity contribution in [3.63, 3.8) is 0 Å². The number of rotatable bonds is 4. The lowest BCUT2D eigenvalue weighted by atomic mass is 9.88. The summed E-state index contributed by atoms with van der Waals surface area (Å²) in [4.78, 5) is 13.2. The largest absolute Gasteiger partial charge is 0.457 e. The first-order valence-electron chi connectivity index (χ1n) is 9.66. The lowest BCUT2D eigenvalue weighted by Gasteiger charge is -2.27. The smallest absolute Gasteiger partial charge is 0.318 e. The van der Waals surface area contributed by atoms with E-state index in [2.05, 4.69) is 10.2 Å². The fourth-order valence-corrected chi connectivity index (χ4v) is 3.55. The molecule has 1 aromatic heterocycles. The zero-order valence-electron chi connectivity index (χ0n) is 16.2. The van der Waals surface area contributed by atoms with Crippen LogP contribution in [-0.4, -0.2) is 16.2 Å². The van der Waals surface area contributed by atoms with E-state index in [9.17, 15) is 4.79 Å². The molecule has 0 amide bonds. The highest BCUT2D eigenvalue weighted by Crippen LogP contribution is 2.44. The molecular formula is C24H18N2O4. The van der Waals surface area contributed by atoms with E-state index in [1.54, 1.807) is 6.92 Å². The second-order valence-corrected chi connectivity index (χ2v) is 7.00. The molecule has 2 heterocycles. The summed E-state index contributed by atoms with van der Waals surface area (Å²) in [5.74, 6) is 0.936. The van der Waals surface area contributed by atoms with E-state index in [1.807, 2.05) is 78.9 Å². The zero-order chi connectivity index (χ0) is 20.5. The molecule has 0 saturated carbocycles. The number of benzene rings is 3. The summed E-state index contributed by atoms with van der Waals surface area (Å²) < 4.78 is 17.4. The third-order valence-electron chi connectivity index (χ3n) is 5.02. The molecule has 5 rings (SSSR count). The predicted octanol–water partition coefficient (Wildman–Crippen LogP) is 5.28. The highest BCUT2D eigenvalue weighted by Gasteiger charge is 2.35. The summed E-state index contributed by atoms with van der Waals surface area (Å²) >= 11 is 0. The van der Waals surface area contributed by atoms with Gasteiger partial charge in [0.1, 0.15) is 17.4 Å². The molecule has 0 fully saturated rings. The van der Waals surface area contributed by atoms with Gasteiger partial charge in [0.2, 0.25) is 5.89 Å². The van der Waals surface area contributed by atoms with Crippen molar-refractivity contribution in [1.29, 1.82) is 0 Å². The van der Waals surface area contributed by atoms with Gasteiger partial charge in [-0.1, -0.05) is 54.6 Å². The van der Waals surface area contributed by atoms with Crippen molar-refractivity contribution in [3.8, 4) is 23.0 Å². The Labute approximate surface area is 173 Å². The average molecular weight is 398 g/mol. The lowest BCUT2D eigenvalue weighted by molar-refractivity contribution is -0.150. The molecule has 3 aromatic carbocycles. The quantitative estimate of drug-likeness (QED) is 0.436. The standard InChI is InChI=1S/C24H18N2O4/c1-15(22-25-26-23(30-22)16-9-3-2-4-10-16)28-24(27)21-17-11-5-7-13-19(17)29-20-14-8-6-12-18(20)21/h2-15,21H,1H3/t15-/m1/s1. The van der Waals surface area contributed by atoms with Gasteiger partial charge in [-0.3, -0.25) is 4.79 Å². The highest BCUT2D eigenvalue weighted by atomic mass is 16.6. The van der Waals surface area contributed by atoms with E-state index in [0.29, 0.717) is 17.4 Å². The minimum absolute atomic E-state index is 0.246. The van der Waals surface area contributed by atoms with Crippen molar-refractivity contribution >= 4 is 5.97 Å². The van der Waals surface area contributed by atoms with Gasteiger partial charge in [-0.25, -0.2) is 0 Å². The maximum absolute atomic E-state index is 13.2. The number of hydrogen-bond donors (Lipinski definition) is 0. The second-order valence-electron chi connectivity index (χ2n) is 7.00. The zero-order valence-corrected chi connectivity index (χ0v) is 16.2. The van der Waals surface area contributed by atoms with Gasteiger partial charge in [0.25, 0.3) is 5.89 Å². The molecule has 1 atom stereocenters. The Kier molecular flexibility index (Phi) is 4.52. The topological polar surface area (TPSA) is 74.5 Å². The predicted molar refractivity (Wildman–Crippen MR) is 109 cm³/mol. The van der Waals surface area contributed by atoms with E-state index >= 15 is 0 Å². The molecule has 0 bridgehead atoms. The van der Waals surface area contributed by atoms with Crippen molar-refractivity contribution in [2.24, 2.45) is 0 Å². The highest BCUT2D eigenvalue weighted by molar-refractivity contribution is 5.85. The first kappa shape index (κ1) is 18.1. The van der Waals surface area contributed by atoms with Crippen molar-refractivity contribution in [2.75, 3.05) is 0 Å². The van der Waals surface area contributed by atoms with Gasteiger partial charge >= 0.3 is 5.97 Å². The average Bonchev–Trinajstić information content (AvgIpc) is 3.28. The molecule has 1 aliphatic heterocycles. The monoisotopic (exact) mass is 398 g/mol. The van der Waals surface area contributed by atoms with Crippen LogP contribution in [0.25, 0.3) is 11.5 Å². The van der Waals surface area contributed by atoms with Gasteiger partial charge in [-0.05, 0) is 31.2 Å². The van der Waals surface area contributed by atoms with E-state index in [-0.39, 0.29) is 5.89 Å². The fourth-order valence-electron chi connectivity index (χ4n) is 3.55. The number of para-hydroxylation sites is 2. The number of aromatic nitrogens is 2. The molecule has 1 aliphatic rings. The Morgan fingerprint density at radius 2 is 1.47 bits per heavy atom. The van der Waals surface area contributed by atoms with Crippen LogP contribution in [0.1, 0.15) is 36.0 Å². The Hall–Kier alpha value is -3.93. The first-order chi connectivity index (χ1) is 14.7. The van der Waals surface area contributed by atoms with E-state index in [0.717, 1.165) is 16.7 Å². The van der Waals surface area contributed by atoms with Crippen molar-refractivity contribution in [3.05, 3.63) is 95.9 Å². The SMILES string of the molecule is C[C@@H](OC(=O)C1c2ccccc2Oc2ccccc21)c1nnc(-c2ccccc2)o1. The first-order valence-corrected chi connectivity index (χ1v) is 9.66. The number of fused-ring (bicyclic) bond motifs is 2. The number of carbonyl (C=O) groups is 1. The van der Waals surface area contributed by atoms with Crippen LogP contribution in [0.4, 0.5) is 0 Å². The summed E-state index contributed by atoms with van der Waals surface area (Å²) in [7, 11) is 0. The Bertz CT molecular complexity index is 1160. The Balaban J connectivity index is 1.42. The molecule has 4 aromatic rings. The third kappa shape index (κ3) is 3.22. The summed E-state index contributed by atoms with van der Waals surface area (Å²) in [6.45, 7) is 1.72. The van der Waals surface area contributed by atoms with Crippen LogP contribution in [0.2, 0.25) is 0 Å². The van der Waals surface area contributed by atoms with Gasteiger partial charge in [-0.2, -0.15) is 0 Å². The van der Waals surface area contributed by atoms with Gasteiger partial charge in [0, 0.05) is 16.7 Å². The minimum atomic E-state index is -0.690. The van der Waals surface area contributed by atoms with E-state index in [4.69, 9.17) is 13.9 Å². The van der Waals surface area contributed by atoms with Crippen LogP contribution in [0.3, 0.4) is 0 Å². The Morgan fingerprint density at radius 1 is 0.867 bits per heavy atom. The van der Waals surface area contributed by atoms with Crippen LogP contribution in [0.5, 0.6) is 11.5 Å². The molecule has 0 N–H and O–H groups in total. The third-order valence-corrected chi connectivity index (χ3v) is 5.02. The second kappa shape index (κ2) is 7.48. The number of esters is 1. The number of carbonyl (C=O) groups excluding carboxylic acids is 1. The molecule has 0 saturated heterocycles. The molecule has 0 unspecified atom stereocenters. The lowest BCUT2D eigenvalue weighted by Crippen LogP contribution is -2.22. The molecule has 30 heavy (non-hydrogen) atoms. The maximum atomic E-state index is 13.2. The normalized spacial score (nSPS) is 13.6. The Morgan fingerprint density at radius 3 is 2.13 bits per heavy atom. The van der Waals surface area contributed by atoms with Gasteiger partial charge < -0.3 is 13.9 Å². The molecular weight excluding hydrogens is 380 g/mol. The molecule has 0 aliphatic carbocycles. The van der Waals surface area contributed by atoms with Crippen LogP contribution in [0, 0.1) is 0 Å². The molecule has 6 nitrogen and oxygen atoms in total. The summed E-state index contributed by atoms with van der Waals surface area (Å²) in [5, 5.41) is 8.13. The molecule has 148 valence electrons. The maximum Gasteiger partial charge on any atom is 0.318 e. The van der Waals surface area contributed by atoms with Crippen molar-refractivity contribution in [2.45, 2.75) is 18.9 Å². The number of hydrogen-bond acceptors (Lipinski definition) is 6. The van der Waals surface area contributed by atoms with Crippen molar-refractivity contribution < 1.29 is 18.7 Å². The molecule has 0 spiro atoms. The van der Waals surface area contributed by atoms with E-state index < -0.39 is 18.0 Å². The summed E-state index contributed by atoms with van der Waals surface area (Å²) in [6.07, 6.45) is -0.690.